The highest BCUT2D eigenvalue weighted by Crippen LogP contribution is 2.35. The van der Waals surface area contributed by atoms with E-state index in [9.17, 15) is 0 Å². The zero-order valence-electron chi connectivity index (χ0n) is 11.6. The highest BCUT2D eigenvalue weighted by atomic mass is 16.7. The molecule has 0 aliphatic carbocycles. The molecule has 1 aromatic heterocycles. The number of nitrogens with zero attached hydrogens (tertiary/aromatic N) is 2. The van der Waals surface area contributed by atoms with Gasteiger partial charge in [-0.3, -0.25) is 4.90 Å². The number of morpholine rings is 1. The second kappa shape index (κ2) is 5.38. The maximum absolute atomic E-state index is 5.44. The van der Waals surface area contributed by atoms with Crippen LogP contribution >= 0.6 is 0 Å². The van der Waals surface area contributed by atoms with Crippen molar-refractivity contribution in [2.24, 2.45) is 0 Å². The largest absolute Gasteiger partial charge is 0.454 e. The molecule has 1 fully saturated rings. The summed E-state index contributed by atoms with van der Waals surface area (Å²) in [4.78, 5) is 2.30. The van der Waals surface area contributed by atoms with Crippen molar-refractivity contribution in [2.75, 3.05) is 33.1 Å². The van der Waals surface area contributed by atoms with E-state index in [1.807, 2.05) is 24.3 Å². The normalized spacial score (nSPS) is 18.1. The van der Waals surface area contributed by atoms with Crippen molar-refractivity contribution >= 4 is 0 Å². The van der Waals surface area contributed by atoms with Gasteiger partial charge in [0.2, 0.25) is 6.79 Å². The van der Waals surface area contributed by atoms with Gasteiger partial charge in [0.15, 0.2) is 17.3 Å². The van der Waals surface area contributed by atoms with Gasteiger partial charge in [-0.05, 0) is 18.2 Å². The van der Waals surface area contributed by atoms with Crippen LogP contribution in [0.4, 0.5) is 0 Å². The summed E-state index contributed by atoms with van der Waals surface area (Å²) < 4.78 is 21.5. The summed E-state index contributed by atoms with van der Waals surface area (Å²) in [5, 5.41) is 4.15. The Bertz CT molecular complexity index is 634. The lowest BCUT2D eigenvalue weighted by molar-refractivity contribution is 0.0305. The Balaban J connectivity index is 1.51. The van der Waals surface area contributed by atoms with E-state index in [1.54, 1.807) is 0 Å². The van der Waals surface area contributed by atoms with E-state index < -0.39 is 0 Å². The third-order valence-electron chi connectivity index (χ3n) is 3.71. The Kier molecular flexibility index (Phi) is 3.25. The molecule has 0 atom stereocenters. The summed E-state index contributed by atoms with van der Waals surface area (Å²) in [5.74, 6) is 2.39. The van der Waals surface area contributed by atoms with Crippen molar-refractivity contribution in [1.29, 1.82) is 0 Å². The van der Waals surface area contributed by atoms with E-state index >= 15 is 0 Å². The molecule has 0 amide bonds. The molecule has 0 bridgehead atoms. The SMILES string of the molecule is c1cc2c(cc1-c1cc(CN3CCOCC3)on1)OCO2. The molecule has 2 aliphatic rings. The third kappa shape index (κ3) is 2.59. The first kappa shape index (κ1) is 12.7. The predicted molar refractivity (Wildman–Crippen MR) is 74.2 cm³/mol. The molecule has 3 heterocycles. The molecule has 2 aliphatic heterocycles. The van der Waals surface area contributed by atoms with Crippen molar-refractivity contribution in [3.63, 3.8) is 0 Å². The van der Waals surface area contributed by atoms with Crippen LogP contribution < -0.4 is 9.47 Å². The molecule has 4 rings (SSSR count). The number of aromatic nitrogens is 1. The maximum Gasteiger partial charge on any atom is 0.231 e. The Hall–Kier alpha value is -2.05. The molecular formula is C15H16N2O4. The average molecular weight is 288 g/mol. The minimum absolute atomic E-state index is 0.278. The summed E-state index contributed by atoms with van der Waals surface area (Å²) in [6.45, 7) is 4.47. The molecule has 110 valence electrons. The highest BCUT2D eigenvalue weighted by Gasteiger charge is 2.17. The fourth-order valence-electron chi connectivity index (χ4n) is 2.56. The zero-order valence-corrected chi connectivity index (χ0v) is 11.6. The lowest BCUT2D eigenvalue weighted by Crippen LogP contribution is -2.35. The topological polar surface area (TPSA) is 57.0 Å². The summed E-state index contributed by atoms with van der Waals surface area (Å²) in [5.41, 5.74) is 1.78. The molecule has 6 nitrogen and oxygen atoms in total. The van der Waals surface area contributed by atoms with E-state index in [0.717, 1.165) is 61.4 Å². The molecule has 0 unspecified atom stereocenters. The van der Waals surface area contributed by atoms with E-state index in [0.29, 0.717) is 0 Å². The highest BCUT2D eigenvalue weighted by molar-refractivity contribution is 5.64. The number of ether oxygens (including phenoxy) is 3. The number of benzene rings is 1. The van der Waals surface area contributed by atoms with Crippen molar-refractivity contribution in [3.8, 4) is 22.8 Å². The molecule has 0 N–H and O–H groups in total. The molecule has 0 radical (unpaired) electrons. The Morgan fingerprint density at radius 3 is 2.81 bits per heavy atom. The first-order valence-corrected chi connectivity index (χ1v) is 7.04. The van der Waals surface area contributed by atoms with E-state index in [2.05, 4.69) is 10.1 Å². The monoisotopic (exact) mass is 288 g/mol. The van der Waals surface area contributed by atoms with Gasteiger partial charge in [0.1, 0.15) is 5.69 Å². The van der Waals surface area contributed by atoms with Gasteiger partial charge in [0.25, 0.3) is 0 Å². The Morgan fingerprint density at radius 2 is 1.90 bits per heavy atom. The summed E-state index contributed by atoms with van der Waals surface area (Å²) in [6, 6.07) is 7.77. The smallest absolute Gasteiger partial charge is 0.231 e. The van der Waals surface area contributed by atoms with E-state index in [1.165, 1.54) is 0 Å². The van der Waals surface area contributed by atoms with Gasteiger partial charge >= 0.3 is 0 Å². The van der Waals surface area contributed by atoms with Gasteiger partial charge in [0, 0.05) is 24.7 Å². The molecule has 2 aromatic rings. The molecule has 0 spiro atoms. The number of rotatable bonds is 3. The Labute approximate surface area is 122 Å². The van der Waals surface area contributed by atoms with Gasteiger partial charge in [-0.1, -0.05) is 5.16 Å². The van der Waals surface area contributed by atoms with E-state index in [-0.39, 0.29) is 6.79 Å². The number of hydrogen-bond acceptors (Lipinski definition) is 6. The van der Waals surface area contributed by atoms with Crippen LogP contribution in [-0.4, -0.2) is 43.2 Å². The lowest BCUT2D eigenvalue weighted by atomic mass is 10.1. The lowest BCUT2D eigenvalue weighted by Gasteiger charge is -2.25. The van der Waals surface area contributed by atoms with Crippen LogP contribution in [0.1, 0.15) is 5.76 Å². The van der Waals surface area contributed by atoms with Gasteiger partial charge in [-0.15, -0.1) is 0 Å². The number of hydrogen-bond donors (Lipinski definition) is 0. The van der Waals surface area contributed by atoms with E-state index in [4.69, 9.17) is 18.7 Å². The number of fused-ring (bicyclic) bond motifs is 1. The predicted octanol–water partition coefficient (Wildman–Crippen LogP) is 1.90. The Morgan fingerprint density at radius 1 is 1.05 bits per heavy atom. The van der Waals surface area contributed by atoms with Crippen LogP contribution in [0, 0.1) is 0 Å². The van der Waals surface area contributed by atoms with Crippen molar-refractivity contribution in [3.05, 3.63) is 30.0 Å². The minimum atomic E-state index is 0.278. The van der Waals surface area contributed by atoms with Crippen LogP contribution in [-0.2, 0) is 11.3 Å². The molecule has 1 saturated heterocycles. The zero-order chi connectivity index (χ0) is 14.1. The van der Waals surface area contributed by atoms with Gasteiger partial charge < -0.3 is 18.7 Å². The summed E-state index contributed by atoms with van der Waals surface area (Å²) in [6.07, 6.45) is 0. The average Bonchev–Trinajstić information content (AvgIpc) is 3.16. The fraction of sp³-hybridized carbons (Fsp3) is 0.400. The van der Waals surface area contributed by atoms with Crippen LogP contribution in [0.3, 0.4) is 0 Å². The van der Waals surface area contributed by atoms with Crippen molar-refractivity contribution in [1.82, 2.24) is 10.1 Å². The van der Waals surface area contributed by atoms with Crippen LogP contribution in [0.2, 0.25) is 0 Å². The van der Waals surface area contributed by atoms with Crippen molar-refractivity contribution in [2.45, 2.75) is 6.54 Å². The van der Waals surface area contributed by atoms with Gasteiger partial charge in [0.05, 0.1) is 19.8 Å². The molecule has 0 saturated carbocycles. The molecule has 6 heteroatoms. The quantitative estimate of drug-likeness (QED) is 0.860. The fourth-order valence-corrected chi connectivity index (χ4v) is 2.56. The van der Waals surface area contributed by atoms with Gasteiger partial charge in [-0.2, -0.15) is 0 Å². The summed E-state index contributed by atoms with van der Waals surface area (Å²) in [7, 11) is 0. The van der Waals surface area contributed by atoms with Crippen LogP contribution in [0.25, 0.3) is 11.3 Å². The first-order valence-electron chi connectivity index (χ1n) is 7.04. The van der Waals surface area contributed by atoms with Crippen LogP contribution in [0.15, 0.2) is 28.8 Å². The second-order valence-electron chi connectivity index (χ2n) is 5.14. The second-order valence-corrected chi connectivity index (χ2v) is 5.14. The van der Waals surface area contributed by atoms with Gasteiger partial charge in [-0.25, -0.2) is 0 Å². The molecule has 21 heavy (non-hydrogen) atoms. The summed E-state index contributed by atoms with van der Waals surface area (Å²) >= 11 is 0. The third-order valence-corrected chi connectivity index (χ3v) is 3.71. The molecule has 1 aromatic carbocycles. The van der Waals surface area contributed by atoms with Crippen molar-refractivity contribution < 1.29 is 18.7 Å². The standard InChI is InChI=1S/C15H16N2O4/c1-2-14-15(20-10-19-14)7-11(1)13-8-12(21-16-13)9-17-3-5-18-6-4-17/h1-2,7-8H,3-6,9-10H2. The minimum Gasteiger partial charge on any atom is -0.454 e. The maximum atomic E-state index is 5.44. The first-order chi connectivity index (χ1) is 10.4. The molecular weight excluding hydrogens is 272 g/mol. The van der Waals surface area contributed by atoms with Crippen LogP contribution in [0.5, 0.6) is 11.5 Å².